The third-order valence-electron chi connectivity index (χ3n) is 3.26. The molecule has 0 aromatic carbocycles. The van der Waals surface area contributed by atoms with Crippen molar-refractivity contribution in [3.63, 3.8) is 0 Å². The summed E-state index contributed by atoms with van der Waals surface area (Å²) < 4.78 is 0. The molecule has 0 spiro atoms. The van der Waals surface area contributed by atoms with Crippen LogP contribution in [0.4, 0.5) is 0 Å². The van der Waals surface area contributed by atoms with Crippen molar-refractivity contribution in [1.29, 1.82) is 0 Å². The van der Waals surface area contributed by atoms with Crippen LogP contribution >= 0.6 is 11.3 Å². The van der Waals surface area contributed by atoms with Gasteiger partial charge in [0.2, 0.25) is 0 Å². The second-order valence-corrected chi connectivity index (χ2v) is 5.06. The lowest BCUT2D eigenvalue weighted by atomic mass is 10.0. The maximum atomic E-state index is 11.1. The largest absolute Gasteiger partial charge is 0.481 e. The van der Waals surface area contributed by atoms with E-state index in [9.17, 15) is 4.79 Å². The lowest BCUT2D eigenvalue weighted by molar-refractivity contribution is -0.143. The van der Waals surface area contributed by atoms with E-state index < -0.39 is 5.97 Å². The Balaban J connectivity index is 1.98. The van der Waals surface area contributed by atoms with E-state index in [4.69, 9.17) is 5.11 Å². The average Bonchev–Trinajstić information content (AvgIpc) is 2.86. The van der Waals surface area contributed by atoms with Crippen molar-refractivity contribution in [1.82, 2.24) is 9.88 Å². The predicted octanol–water partition coefficient (Wildman–Crippen LogP) is 1.83. The van der Waals surface area contributed by atoms with Crippen LogP contribution in [0.15, 0.2) is 10.9 Å². The van der Waals surface area contributed by atoms with Gasteiger partial charge in [0.15, 0.2) is 0 Å². The van der Waals surface area contributed by atoms with E-state index in [-0.39, 0.29) is 12.0 Å². The topological polar surface area (TPSA) is 53.4 Å². The lowest BCUT2D eigenvalue weighted by Crippen LogP contribution is -2.37. The highest BCUT2D eigenvalue weighted by Gasteiger charge is 2.35. The predicted molar refractivity (Wildman–Crippen MR) is 62.3 cm³/mol. The van der Waals surface area contributed by atoms with Crippen LogP contribution in [0.5, 0.6) is 0 Å². The molecule has 1 aliphatic carbocycles. The van der Waals surface area contributed by atoms with E-state index in [0.717, 1.165) is 31.5 Å². The molecule has 1 saturated carbocycles. The SMILES string of the molecule is CN(Cc1cscn1)C1CCCC1C(=O)O. The van der Waals surface area contributed by atoms with Gasteiger partial charge in [0.1, 0.15) is 0 Å². The van der Waals surface area contributed by atoms with Crippen LogP contribution in [-0.2, 0) is 11.3 Å². The molecule has 1 aromatic rings. The normalized spacial score (nSPS) is 25.1. The first kappa shape index (κ1) is 11.5. The Labute approximate surface area is 98.9 Å². The van der Waals surface area contributed by atoms with Crippen molar-refractivity contribution in [3.05, 3.63) is 16.6 Å². The van der Waals surface area contributed by atoms with Gasteiger partial charge in [-0.25, -0.2) is 4.98 Å². The highest BCUT2D eigenvalue weighted by atomic mass is 32.1. The van der Waals surface area contributed by atoms with Crippen LogP contribution in [0.25, 0.3) is 0 Å². The summed E-state index contributed by atoms with van der Waals surface area (Å²) in [7, 11) is 1.99. The number of hydrogen-bond donors (Lipinski definition) is 1. The summed E-state index contributed by atoms with van der Waals surface area (Å²) in [5, 5.41) is 11.1. The molecular formula is C11H16N2O2S. The van der Waals surface area contributed by atoms with E-state index in [1.807, 2.05) is 17.9 Å². The van der Waals surface area contributed by atoms with Gasteiger partial charge < -0.3 is 5.11 Å². The number of hydrogen-bond acceptors (Lipinski definition) is 4. The fourth-order valence-corrected chi connectivity index (χ4v) is 2.99. The first-order valence-electron chi connectivity index (χ1n) is 5.48. The molecule has 0 amide bonds. The van der Waals surface area contributed by atoms with E-state index in [1.54, 1.807) is 11.3 Å². The van der Waals surface area contributed by atoms with Crippen molar-refractivity contribution >= 4 is 17.3 Å². The van der Waals surface area contributed by atoms with Gasteiger partial charge in [-0.3, -0.25) is 9.69 Å². The first-order chi connectivity index (χ1) is 7.68. The molecule has 0 saturated heterocycles. The van der Waals surface area contributed by atoms with Crippen molar-refractivity contribution in [3.8, 4) is 0 Å². The number of rotatable bonds is 4. The molecular weight excluding hydrogens is 224 g/mol. The van der Waals surface area contributed by atoms with Crippen molar-refractivity contribution in [2.45, 2.75) is 31.8 Å². The minimum absolute atomic E-state index is 0.166. The molecule has 88 valence electrons. The molecule has 16 heavy (non-hydrogen) atoms. The average molecular weight is 240 g/mol. The Bertz CT molecular complexity index is 353. The minimum atomic E-state index is -0.660. The van der Waals surface area contributed by atoms with Gasteiger partial charge >= 0.3 is 5.97 Å². The van der Waals surface area contributed by atoms with Crippen LogP contribution < -0.4 is 0 Å². The number of carbonyl (C=O) groups is 1. The molecule has 1 aromatic heterocycles. The van der Waals surface area contributed by atoms with E-state index in [0.29, 0.717) is 0 Å². The van der Waals surface area contributed by atoms with Gasteiger partial charge in [-0.2, -0.15) is 0 Å². The molecule has 2 unspecified atom stereocenters. The maximum absolute atomic E-state index is 11.1. The number of carboxylic acid groups (broad SMARTS) is 1. The minimum Gasteiger partial charge on any atom is -0.481 e. The maximum Gasteiger partial charge on any atom is 0.308 e. The van der Waals surface area contributed by atoms with Gasteiger partial charge in [0.05, 0.1) is 17.1 Å². The van der Waals surface area contributed by atoms with Crippen molar-refractivity contribution < 1.29 is 9.90 Å². The van der Waals surface area contributed by atoms with Crippen LogP contribution in [0, 0.1) is 5.92 Å². The smallest absolute Gasteiger partial charge is 0.308 e. The fourth-order valence-electron chi connectivity index (χ4n) is 2.44. The molecule has 1 aliphatic rings. The lowest BCUT2D eigenvalue weighted by Gasteiger charge is -2.26. The first-order valence-corrected chi connectivity index (χ1v) is 6.43. The quantitative estimate of drug-likeness (QED) is 0.872. The summed E-state index contributed by atoms with van der Waals surface area (Å²) in [4.78, 5) is 17.4. The molecule has 1 fully saturated rings. The third-order valence-corrected chi connectivity index (χ3v) is 3.89. The zero-order chi connectivity index (χ0) is 11.5. The van der Waals surface area contributed by atoms with Gasteiger partial charge in [0, 0.05) is 18.0 Å². The van der Waals surface area contributed by atoms with E-state index >= 15 is 0 Å². The standard InChI is InChI=1S/C11H16N2O2S/c1-13(5-8-6-16-7-12-8)10-4-2-3-9(10)11(14)15/h6-7,9-10H,2-5H2,1H3,(H,14,15). The number of nitrogens with zero attached hydrogens (tertiary/aromatic N) is 2. The molecule has 0 bridgehead atoms. The van der Waals surface area contributed by atoms with Gasteiger partial charge in [-0.05, 0) is 19.9 Å². The van der Waals surface area contributed by atoms with Gasteiger partial charge in [-0.15, -0.1) is 11.3 Å². The number of thiazole rings is 1. The molecule has 1 N–H and O–H groups in total. The Hall–Kier alpha value is -0.940. The van der Waals surface area contributed by atoms with Crippen molar-refractivity contribution in [2.75, 3.05) is 7.05 Å². The molecule has 2 rings (SSSR count). The molecule has 2 atom stereocenters. The van der Waals surface area contributed by atoms with Gasteiger partial charge in [0.25, 0.3) is 0 Å². The monoisotopic (exact) mass is 240 g/mol. The summed E-state index contributed by atoms with van der Waals surface area (Å²) in [5.41, 5.74) is 2.84. The highest BCUT2D eigenvalue weighted by Crippen LogP contribution is 2.30. The Kier molecular flexibility index (Phi) is 3.56. The van der Waals surface area contributed by atoms with E-state index in [1.165, 1.54) is 0 Å². The molecule has 0 aliphatic heterocycles. The molecule has 5 heteroatoms. The number of carboxylic acids is 1. The van der Waals surface area contributed by atoms with Crippen LogP contribution in [0.1, 0.15) is 25.0 Å². The zero-order valence-corrected chi connectivity index (χ0v) is 10.1. The summed E-state index contributed by atoms with van der Waals surface area (Å²) >= 11 is 1.58. The highest BCUT2D eigenvalue weighted by molar-refractivity contribution is 7.07. The molecule has 1 heterocycles. The second-order valence-electron chi connectivity index (χ2n) is 4.34. The Morgan fingerprint density at radius 1 is 1.69 bits per heavy atom. The van der Waals surface area contributed by atoms with Crippen molar-refractivity contribution in [2.24, 2.45) is 5.92 Å². The number of aliphatic carboxylic acids is 1. The summed E-state index contributed by atoms with van der Waals surface area (Å²) in [5.74, 6) is -0.865. The second kappa shape index (κ2) is 4.93. The van der Waals surface area contributed by atoms with Gasteiger partial charge in [-0.1, -0.05) is 6.42 Å². The van der Waals surface area contributed by atoms with Crippen LogP contribution in [0.3, 0.4) is 0 Å². The molecule has 4 nitrogen and oxygen atoms in total. The summed E-state index contributed by atoms with van der Waals surface area (Å²) in [6, 6.07) is 0.166. The Morgan fingerprint density at radius 3 is 3.12 bits per heavy atom. The Morgan fingerprint density at radius 2 is 2.50 bits per heavy atom. The number of aromatic nitrogens is 1. The van der Waals surface area contributed by atoms with Crippen LogP contribution in [0.2, 0.25) is 0 Å². The summed E-state index contributed by atoms with van der Waals surface area (Å²) in [6.45, 7) is 0.748. The summed E-state index contributed by atoms with van der Waals surface area (Å²) in [6.07, 6.45) is 2.81. The third kappa shape index (κ3) is 2.41. The molecule has 0 radical (unpaired) electrons. The fraction of sp³-hybridized carbons (Fsp3) is 0.636. The van der Waals surface area contributed by atoms with Crippen LogP contribution in [-0.4, -0.2) is 34.0 Å². The zero-order valence-electron chi connectivity index (χ0n) is 9.30. The van der Waals surface area contributed by atoms with E-state index in [2.05, 4.69) is 9.88 Å².